The molecule has 0 aliphatic heterocycles. The van der Waals surface area contributed by atoms with E-state index in [0.29, 0.717) is 17.3 Å². The number of anilines is 4. The Hall–Kier alpha value is -3.41. The molecule has 0 amide bonds. The lowest BCUT2D eigenvalue weighted by Gasteiger charge is -2.10. The van der Waals surface area contributed by atoms with E-state index >= 15 is 0 Å². The van der Waals surface area contributed by atoms with Crippen LogP contribution in [0.2, 0.25) is 0 Å². The number of carbonyl (C=O) groups excluding carboxylic acids is 1. The van der Waals surface area contributed by atoms with E-state index < -0.39 is 0 Å². The minimum absolute atomic E-state index is 0.0364. The van der Waals surface area contributed by atoms with Crippen LogP contribution in [-0.2, 0) is 0 Å². The molecular formula is C20H20N4O2. The number of methoxy groups -OCH3 is 1. The summed E-state index contributed by atoms with van der Waals surface area (Å²) in [5.41, 5.74) is 3.22. The fourth-order valence-electron chi connectivity index (χ4n) is 2.43. The highest BCUT2D eigenvalue weighted by atomic mass is 16.5. The minimum Gasteiger partial charge on any atom is -0.497 e. The van der Waals surface area contributed by atoms with E-state index in [-0.39, 0.29) is 5.78 Å². The second-order valence-electron chi connectivity index (χ2n) is 5.83. The van der Waals surface area contributed by atoms with Crippen LogP contribution in [-0.4, -0.2) is 22.9 Å². The van der Waals surface area contributed by atoms with Gasteiger partial charge in [-0.15, -0.1) is 0 Å². The zero-order chi connectivity index (χ0) is 18.5. The first kappa shape index (κ1) is 17.4. The molecule has 6 heteroatoms. The SMILES string of the molecule is COc1ccc(Nc2cc(C)nc(Nc3ccc(C(C)=O)cc3)n2)cc1. The number of ether oxygens (including phenoxy) is 1. The van der Waals surface area contributed by atoms with Gasteiger partial charge in [0, 0.05) is 28.7 Å². The van der Waals surface area contributed by atoms with Crippen LogP contribution in [0.5, 0.6) is 5.75 Å². The summed E-state index contributed by atoms with van der Waals surface area (Å²) in [4.78, 5) is 20.3. The molecule has 0 spiro atoms. The maximum Gasteiger partial charge on any atom is 0.229 e. The van der Waals surface area contributed by atoms with Gasteiger partial charge < -0.3 is 15.4 Å². The van der Waals surface area contributed by atoms with Gasteiger partial charge in [-0.05, 0) is 62.4 Å². The Morgan fingerprint density at radius 3 is 2.15 bits per heavy atom. The number of hydrogen-bond acceptors (Lipinski definition) is 6. The number of aromatic nitrogens is 2. The summed E-state index contributed by atoms with van der Waals surface area (Å²) in [6.07, 6.45) is 0. The Bertz CT molecular complexity index is 906. The van der Waals surface area contributed by atoms with Gasteiger partial charge in [0.25, 0.3) is 0 Å². The molecular weight excluding hydrogens is 328 g/mol. The van der Waals surface area contributed by atoms with E-state index in [2.05, 4.69) is 20.6 Å². The number of hydrogen-bond donors (Lipinski definition) is 2. The van der Waals surface area contributed by atoms with E-state index in [4.69, 9.17) is 4.74 Å². The molecule has 0 aliphatic carbocycles. The number of carbonyl (C=O) groups is 1. The zero-order valence-electron chi connectivity index (χ0n) is 14.9. The Labute approximate surface area is 152 Å². The summed E-state index contributed by atoms with van der Waals surface area (Å²) in [5.74, 6) is 2.00. The first-order valence-electron chi connectivity index (χ1n) is 8.18. The quantitative estimate of drug-likeness (QED) is 0.640. The highest BCUT2D eigenvalue weighted by molar-refractivity contribution is 5.94. The van der Waals surface area contributed by atoms with E-state index in [9.17, 15) is 4.79 Å². The molecule has 6 nitrogen and oxygen atoms in total. The fourth-order valence-corrected chi connectivity index (χ4v) is 2.43. The van der Waals surface area contributed by atoms with Crippen molar-refractivity contribution < 1.29 is 9.53 Å². The van der Waals surface area contributed by atoms with Gasteiger partial charge in [0.2, 0.25) is 5.95 Å². The molecule has 1 heterocycles. The van der Waals surface area contributed by atoms with Crippen LogP contribution in [0.4, 0.5) is 23.1 Å². The summed E-state index contributed by atoms with van der Waals surface area (Å²) < 4.78 is 5.16. The van der Waals surface area contributed by atoms with Gasteiger partial charge >= 0.3 is 0 Å². The first-order valence-corrected chi connectivity index (χ1v) is 8.18. The average molecular weight is 348 g/mol. The summed E-state index contributed by atoms with van der Waals surface area (Å²) in [5, 5.41) is 6.42. The smallest absolute Gasteiger partial charge is 0.229 e. The number of Topliss-reactive ketones (excluding diaryl/α,β-unsaturated/α-hetero) is 1. The lowest BCUT2D eigenvalue weighted by Crippen LogP contribution is -2.02. The lowest BCUT2D eigenvalue weighted by molar-refractivity contribution is 0.101. The van der Waals surface area contributed by atoms with Crippen LogP contribution >= 0.6 is 0 Å². The minimum atomic E-state index is 0.0364. The van der Waals surface area contributed by atoms with Crippen LogP contribution in [0.15, 0.2) is 54.6 Å². The van der Waals surface area contributed by atoms with E-state index in [1.54, 1.807) is 26.2 Å². The van der Waals surface area contributed by atoms with Gasteiger partial charge in [-0.25, -0.2) is 4.98 Å². The maximum absolute atomic E-state index is 11.4. The normalized spacial score (nSPS) is 10.3. The molecule has 0 unspecified atom stereocenters. The molecule has 1 aromatic heterocycles. The van der Waals surface area contributed by atoms with Gasteiger partial charge in [0.15, 0.2) is 5.78 Å². The molecule has 0 atom stereocenters. The Morgan fingerprint density at radius 2 is 1.54 bits per heavy atom. The van der Waals surface area contributed by atoms with Crippen molar-refractivity contribution in [2.45, 2.75) is 13.8 Å². The molecule has 132 valence electrons. The van der Waals surface area contributed by atoms with Gasteiger partial charge in [-0.3, -0.25) is 4.79 Å². The fraction of sp³-hybridized carbons (Fsp3) is 0.150. The number of aryl methyl sites for hydroxylation is 1. The molecule has 0 fully saturated rings. The molecule has 0 saturated carbocycles. The molecule has 0 radical (unpaired) electrons. The van der Waals surface area contributed by atoms with E-state index in [1.165, 1.54) is 0 Å². The lowest BCUT2D eigenvalue weighted by atomic mass is 10.1. The molecule has 0 bridgehead atoms. The summed E-state index contributed by atoms with van der Waals surface area (Å²) >= 11 is 0. The van der Waals surface area contributed by atoms with Crippen molar-refractivity contribution in [2.75, 3.05) is 17.7 Å². The van der Waals surface area contributed by atoms with Crippen LogP contribution in [0.3, 0.4) is 0 Å². The maximum atomic E-state index is 11.4. The van der Waals surface area contributed by atoms with E-state index in [1.807, 2.05) is 49.4 Å². The molecule has 3 aromatic rings. The highest BCUT2D eigenvalue weighted by Gasteiger charge is 2.05. The van der Waals surface area contributed by atoms with Crippen molar-refractivity contribution in [3.05, 3.63) is 65.9 Å². The molecule has 0 aliphatic rings. The molecule has 2 N–H and O–H groups in total. The summed E-state index contributed by atoms with van der Waals surface area (Å²) in [6.45, 7) is 3.45. The van der Waals surface area contributed by atoms with Crippen molar-refractivity contribution >= 4 is 28.9 Å². The third-order valence-corrected chi connectivity index (χ3v) is 3.76. The van der Waals surface area contributed by atoms with Crippen molar-refractivity contribution in [2.24, 2.45) is 0 Å². The highest BCUT2D eigenvalue weighted by Crippen LogP contribution is 2.21. The summed E-state index contributed by atoms with van der Waals surface area (Å²) in [7, 11) is 1.64. The van der Waals surface area contributed by atoms with Crippen molar-refractivity contribution in [3.63, 3.8) is 0 Å². The molecule has 0 saturated heterocycles. The van der Waals surface area contributed by atoms with Crippen LogP contribution in [0.1, 0.15) is 23.0 Å². The number of ketones is 1. The number of nitrogens with zero attached hydrogens (tertiary/aromatic N) is 2. The van der Waals surface area contributed by atoms with Crippen LogP contribution < -0.4 is 15.4 Å². The van der Waals surface area contributed by atoms with Crippen molar-refractivity contribution in [3.8, 4) is 5.75 Å². The molecule has 26 heavy (non-hydrogen) atoms. The van der Waals surface area contributed by atoms with Crippen molar-refractivity contribution in [1.82, 2.24) is 9.97 Å². The third-order valence-electron chi connectivity index (χ3n) is 3.76. The van der Waals surface area contributed by atoms with Crippen LogP contribution in [0, 0.1) is 6.92 Å². The van der Waals surface area contributed by atoms with Gasteiger partial charge in [-0.2, -0.15) is 4.98 Å². The van der Waals surface area contributed by atoms with Crippen molar-refractivity contribution in [1.29, 1.82) is 0 Å². The average Bonchev–Trinajstić information content (AvgIpc) is 2.62. The second kappa shape index (κ2) is 7.65. The largest absolute Gasteiger partial charge is 0.497 e. The monoisotopic (exact) mass is 348 g/mol. The van der Waals surface area contributed by atoms with Crippen LogP contribution in [0.25, 0.3) is 0 Å². The molecule has 2 aromatic carbocycles. The second-order valence-corrected chi connectivity index (χ2v) is 5.83. The standard InChI is InChI=1S/C20H20N4O2/c1-13-12-19(22-16-8-10-18(26-3)11-9-16)24-20(21-13)23-17-6-4-15(5-7-17)14(2)25/h4-12H,1-3H3,(H2,21,22,23,24). The third kappa shape index (κ3) is 4.36. The number of nitrogens with one attached hydrogen (secondary N) is 2. The van der Waals surface area contributed by atoms with Gasteiger partial charge in [0.1, 0.15) is 11.6 Å². The predicted molar refractivity (Wildman–Crippen MR) is 103 cm³/mol. The Morgan fingerprint density at radius 1 is 0.923 bits per heavy atom. The van der Waals surface area contributed by atoms with Gasteiger partial charge in [-0.1, -0.05) is 0 Å². The number of rotatable bonds is 6. The van der Waals surface area contributed by atoms with E-state index in [0.717, 1.165) is 22.8 Å². The topological polar surface area (TPSA) is 76.1 Å². The molecule has 3 rings (SSSR count). The number of benzene rings is 2. The summed E-state index contributed by atoms with van der Waals surface area (Å²) in [6, 6.07) is 16.7. The Balaban J connectivity index is 1.77. The Kier molecular flexibility index (Phi) is 5.12. The first-order chi connectivity index (χ1) is 12.5. The van der Waals surface area contributed by atoms with Gasteiger partial charge in [0.05, 0.1) is 7.11 Å². The predicted octanol–water partition coefficient (Wildman–Crippen LogP) is 4.48. The zero-order valence-corrected chi connectivity index (χ0v) is 14.9.